The third kappa shape index (κ3) is 5.99. The normalized spacial score (nSPS) is 22.1. The molecule has 1 aromatic carbocycles. The molecule has 0 aromatic heterocycles. The van der Waals surface area contributed by atoms with Crippen LogP contribution in [0, 0.1) is 0 Å². The van der Waals surface area contributed by atoms with Crippen LogP contribution in [0.25, 0.3) is 0 Å². The number of piperidine rings is 1. The maximum absolute atomic E-state index is 6.43. The lowest BCUT2D eigenvalue weighted by Gasteiger charge is -2.33. The van der Waals surface area contributed by atoms with Crippen molar-refractivity contribution < 1.29 is 9.47 Å². The van der Waals surface area contributed by atoms with E-state index in [0.717, 1.165) is 12.3 Å². The number of likely N-dealkylation sites (tertiary alicyclic amines) is 1. The van der Waals surface area contributed by atoms with E-state index in [9.17, 15) is 0 Å². The van der Waals surface area contributed by atoms with Gasteiger partial charge < -0.3 is 9.47 Å². The summed E-state index contributed by atoms with van der Waals surface area (Å²) in [6, 6.07) is 8.66. The standard InChI is InChI=1S/C23H37NO2/c1-3-19(2)20-12-14-22(15-13-20)26-23(18-24-16-8-5-9-17-24)25-21-10-6-4-7-11-21/h12-15,19,21,23H,3-11,16-18H2,1-2H3. The van der Waals surface area contributed by atoms with E-state index in [1.165, 1.54) is 76.4 Å². The first-order valence-electron chi connectivity index (χ1n) is 10.9. The summed E-state index contributed by atoms with van der Waals surface area (Å²) in [5.41, 5.74) is 1.39. The molecule has 1 saturated carbocycles. The van der Waals surface area contributed by atoms with Gasteiger partial charge in [-0.3, -0.25) is 4.90 Å². The summed E-state index contributed by atoms with van der Waals surface area (Å²) in [6.45, 7) is 7.77. The monoisotopic (exact) mass is 359 g/mol. The van der Waals surface area contributed by atoms with Crippen LogP contribution in [0.3, 0.4) is 0 Å². The third-order valence-electron chi connectivity index (χ3n) is 6.08. The van der Waals surface area contributed by atoms with Crippen LogP contribution in [0.5, 0.6) is 5.75 Å². The Kier molecular flexibility index (Phi) is 7.82. The predicted octanol–water partition coefficient (Wildman–Crippen LogP) is 5.74. The molecule has 146 valence electrons. The van der Waals surface area contributed by atoms with Crippen molar-refractivity contribution in [2.75, 3.05) is 19.6 Å². The second-order valence-electron chi connectivity index (χ2n) is 8.18. The van der Waals surface area contributed by atoms with Gasteiger partial charge in [0.15, 0.2) is 0 Å². The molecule has 2 atom stereocenters. The molecular weight excluding hydrogens is 322 g/mol. The average molecular weight is 360 g/mol. The molecule has 3 heteroatoms. The molecule has 2 unspecified atom stereocenters. The van der Waals surface area contributed by atoms with Crippen molar-refractivity contribution in [2.45, 2.75) is 89.9 Å². The molecule has 0 N–H and O–H groups in total. The SMILES string of the molecule is CCC(C)c1ccc(OC(CN2CCCCC2)OC2CCCCC2)cc1. The van der Waals surface area contributed by atoms with Gasteiger partial charge in [-0.05, 0) is 68.8 Å². The summed E-state index contributed by atoms with van der Waals surface area (Å²) in [5, 5.41) is 0. The molecule has 26 heavy (non-hydrogen) atoms. The first-order valence-corrected chi connectivity index (χ1v) is 10.9. The summed E-state index contributed by atoms with van der Waals surface area (Å²) in [6.07, 6.45) is 11.7. The van der Waals surface area contributed by atoms with Gasteiger partial charge in [-0.2, -0.15) is 0 Å². The largest absolute Gasteiger partial charge is 0.464 e. The van der Waals surface area contributed by atoms with Gasteiger partial charge in [0.2, 0.25) is 6.29 Å². The number of hydrogen-bond acceptors (Lipinski definition) is 3. The zero-order valence-corrected chi connectivity index (χ0v) is 16.8. The van der Waals surface area contributed by atoms with Gasteiger partial charge in [0, 0.05) is 0 Å². The van der Waals surface area contributed by atoms with E-state index < -0.39 is 0 Å². The molecule has 2 aliphatic rings. The first kappa shape index (κ1) is 19.7. The zero-order chi connectivity index (χ0) is 18.2. The highest BCUT2D eigenvalue weighted by molar-refractivity contribution is 5.29. The number of hydrogen-bond donors (Lipinski definition) is 0. The number of rotatable bonds is 8. The van der Waals surface area contributed by atoms with Crippen molar-refractivity contribution in [3.63, 3.8) is 0 Å². The van der Waals surface area contributed by atoms with E-state index in [2.05, 4.69) is 43.0 Å². The minimum atomic E-state index is -0.148. The molecular formula is C23H37NO2. The quantitative estimate of drug-likeness (QED) is 0.552. The van der Waals surface area contributed by atoms with Gasteiger partial charge in [0.05, 0.1) is 12.6 Å². The fourth-order valence-electron chi connectivity index (χ4n) is 4.14. The Balaban J connectivity index is 1.61. The lowest BCUT2D eigenvalue weighted by atomic mass is 9.98. The Hall–Kier alpha value is -1.06. The second-order valence-corrected chi connectivity index (χ2v) is 8.18. The number of ether oxygens (including phenoxy) is 2. The van der Waals surface area contributed by atoms with Crippen molar-refractivity contribution in [1.82, 2.24) is 4.90 Å². The summed E-state index contributed by atoms with van der Waals surface area (Å²) in [4.78, 5) is 2.52. The topological polar surface area (TPSA) is 21.7 Å². The van der Waals surface area contributed by atoms with Crippen LogP contribution < -0.4 is 4.74 Å². The van der Waals surface area contributed by atoms with E-state index in [1.54, 1.807) is 0 Å². The van der Waals surface area contributed by atoms with E-state index >= 15 is 0 Å². The summed E-state index contributed by atoms with van der Waals surface area (Å²) >= 11 is 0. The van der Waals surface area contributed by atoms with Crippen LogP contribution in [0.15, 0.2) is 24.3 Å². The Morgan fingerprint density at radius 1 is 0.962 bits per heavy atom. The number of nitrogens with zero attached hydrogens (tertiary/aromatic N) is 1. The Morgan fingerprint density at radius 3 is 2.27 bits per heavy atom. The molecule has 2 fully saturated rings. The Labute approximate surface area is 160 Å². The Morgan fingerprint density at radius 2 is 1.62 bits per heavy atom. The number of benzene rings is 1. The molecule has 1 aromatic rings. The summed E-state index contributed by atoms with van der Waals surface area (Å²) in [7, 11) is 0. The van der Waals surface area contributed by atoms with Crippen LogP contribution in [0.1, 0.15) is 83.1 Å². The van der Waals surface area contributed by atoms with Gasteiger partial charge in [0.25, 0.3) is 0 Å². The highest BCUT2D eigenvalue weighted by Crippen LogP contribution is 2.25. The van der Waals surface area contributed by atoms with Crippen LogP contribution in [0.4, 0.5) is 0 Å². The summed E-state index contributed by atoms with van der Waals surface area (Å²) < 4.78 is 12.8. The fraction of sp³-hybridized carbons (Fsp3) is 0.739. The molecule has 0 radical (unpaired) electrons. The third-order valence-corrected chi connectivity index (χ3v) is 6.08. The van der Waals surface area contributed by atoms with Crippen molar-refractivity contribution in [3.05, 3.63) is 29.8 Å². The smallest absolute Gasteiger partial charge is 0.212 e. The molecule has 1 aliphatic carbocycles. The van der Waals surface area contributed by atoms with E-state index in [4.69, 9.17) is 9.47 Å². The molecule has 3 rings (SSSR count). The highest BCUT2D eigenvalue weighted by atomic mass is 16.7. The van der Waals surface area contributed by atoms with Gasteiger partial charge in [-0.15, -0.1) is 0 Å². The average Bonchev–Trinajstić information content (AvgIpc) is 2.69. The van der Waals surface area contributed by atoms with Gasteiger partial charge in [-0.1, -0.05) is 51.7 Å². The van der Waals surface area contributed by atoms with Crippen LogP contribution in [0.2, 0.25) is 0 Å². The van der Waals surface area contributed by atoms with Crippen molar-refractivity contribution in [3.8, 4) is 5.75 Å². The van der Waals surface area contributed by atoms with Gasteiger partial charge in [0.1, 0.15) is 5.75 Å². The molecule has 0 spiro atoms. The minimum absolute atomic E-state index is 0.148. The van der Waals surface area contributed by atoms with Crippen LogP contribution in [-0.2, 0) is 4.74 Å². The van der Waals surface area contributed by atoms with Gasteiger partial charge >= 0.3 is 0 Å². The molecule has 1 saturated heterocycles. The maximum atomic E-state index is 6.43. The van der Waals surface area contributed by atoms with Gasteiger partial charge in [-0.25, -0.2) is 0 Å². The molecule has 1 heterocycles. The highest BCUT2D eigenvalue weighted by Gasteiger charge is 2.23. The fourth-order valence-corrected chi connectivity index (χ4v) is 4.14. The van der Waals surface area contributed by atoms with Crippen molar-refractivity contribution in [2.24, 2.45) is 0 Å². The molecule has 0 amide bonds. The van der Waals surface area contributed by atoms with E-state index in [-0.39, 0.29) is 6.29 Å². The minimum Gasteiger partial charge on any atom is -0.464 e. The van der Waals surface area contributed by atoms with Crippen molar-refractivity contribution in [1.29, 1.82) is 0 Å². The maximum Gasteiger partial charge on any atom is 0.212 e. The molecule has 0 bridgehead atoms. The summed E-state index contributed by atoms with van der Waals surface area (Å²) in [5.74, 6) is 1.54. The second kappa shape index (κ2) is 10.3. The Bertz CT molecular complexity index is 483. The van der Waals surface area contributed by atoms with Crippen LogP contribution in [-0.4, -0.2) is 36.9 Å². The molecule has 1 aliphatic heterocycles. The predicted molar refractivity (Wildman–Crippen MR) is 108 cm³/mol. The lowest BCUT2D eigenvalue weighted by Crippen LogP contribution is -2.42. The zero-order valence-electron chi connectivity index (χ0n) is 16.8. The van der Waals surface area contributed by atoms with Crippen LogP contribution >= 0.6 is 0 Å². The van der Waals surface area contributed by atoms with E-state index in [0.29, 0.717) is 12.0 Å². The van der Waals surface area contributed by atoms with Crippen molar-refractivity contribution >= 4 is 0 Å². The lowest BCUT2D eigenvalue weighted by molar-refractivity contribution is -0.139. The van der Waals surface area contributed by atoms with E-state index in [1.807, 2.05) is 0 Å². The first-order chi connectivity index (χ1) is 12.7. The molecule has 3 nitrogen and oxygen atoms in total.